The van der Waals surface area contributed by atoms with Crippen LogP contribution in [-0.2, 0) is 3.79 Å². The molecule has 134 valence electrons. The molecule has 10 heteroatoms. The largest absolute Gasteiger partial charge is 0.339 e. The molecule has 0 amide bonds. The molecule has 2 heterocycles. The maximum atomic E-state index is 6.09. The van der Waals surface area contributed by atoms with Gasteiger partial charge in [0, 0.05) is 35.2 Å². The summed E-state index contributed by atoms with van der Waals surface area (Å²) in [6, 6.07) is 5.04. The van der Waals surface area contributed by atoms with E-state index in [1.165, 1.54) is 0 Å². The molecule has 0 unspecified atom stereocenters. The lowest BCUT2D eigenvalue weighted by molar-refractivity contribution is 0.724. The number of benzene rings is 1. The van der Waals surface area contributed by atoms with Gasteiger partial charge in [-0.3, -0.25) is 0 Å². The number of hydrogen-bond acceptors (Lipinski definition) is 5. The molecule has 25 heavy (non-hydrogen) atoms. The minimum Gasteiger partial charge on any atom is -0.339 e. The Morgan fingerprint density at radius 2 is 1.64 bits per heavy atom. The Kier molecular flexibility index (Phi) is 6.14. The normalized spacial score (nSPS) is 16.0. The van der Waals surface area contributed by atoms with Crippen molar-refractivity contribution in [2.45, 2.75) is 10.2 Å². The molecule has 1 aromatic carbocycles. The van der Waals surface area contributed by atoms with Crippen molar-refractivity contribution in [3.8, 4) is 11.4 Å². The van der Waals surface area contributed by atoms with Gasteiger partial charge in [-0.1, -0.05) is 58.0 Å². The van der Waals surface area contributed by atoms with E-state index in [-0.39, 0.29) is 5.82 Å². The van der Waals surface area contributed by atoms with Crippen molar-refractivity contribution in [2.75, 3.05) is 31.1 Å². The molecule has 1 N–H and O–H groups in total. The number of alkyl halides is 3. The van der Waals surface area contributed by atoms with Crippen molar-refractivity contribution in [2.24, 2.45) is 0 Å². The zero-order valence-corrected chi connectivity index (χ0v) is 16.7. The number of hydrogen-bond donors (Lipinski definition) is 1. The predicted octanol–water partition coefficient (Wildman–Crippen LogP) is 4.47. The van der Waals surface area contributed by atoms with Gasteiger partial charge in [-0.25, -0.2) is 4.98 Å². The summed E-state index contributed by atoms with van der Waals surface area (Å²) in [5.74, 6) is 0.879. The fraction of sp³-hybridized carbons (Fsp3) is 0.400. The molecule has 1 saturated heterocycles. The molecule has 1 aliphatic heterocycles. The van der Waals surface area contributed by atoms with Crippen LogP contribution in [0.25, 0.3) is 11.4 Å². The summed E-state index contributed by atoms with van der Waals surface area (Å²) in [5, 5.41) is 4.27. The first-order chi connectivity index (χ1) is 11.8. The second-order valence-electron chi connectivity index (χ2n) is 5.53. The molecule has 0 aliphatic carbocycles. The van der Waals surface area contributed by atoms with Crippen LogP contribution in [0.3, 0.4) is 0 Å². The Balaban J connectivity index is 2.09. The van der Waals surface area contributed by atoms with Crippen LogP contribution in [0.5, 0.6) is 0 Å². The Labute approximate surface area is 170 Å². The van der Waals surface area contributed by atoms with E-state index < -0.39 is 3.79 Å². The zero-order chi connectivity index (χ0) is 18.0. The minimum atomic E-state index is -1.76. The van der Waals surface area contributed by atoms with Gasteiger partial charge in [-0.15, -0.1) is 0 Å². The average molecular weight is 442 g/mol. The quantitative estimate of drug-likeness (QED) is 0.697. The van der Waals surface area contributed by atoms with E-state index in [2.05, 4.69) is 20.3 Å². The summed E-state index contributed by atoms with van der Waals surface area (Å²) in [4.78, 5) is 15.2. The van der Waals surface area contributed by atoms with Crippen molar-refractivity contribution in [3.63, 3.8) is 0 Å². The first kappa shape index (κ1) is 19.2. The lowest BCUT2D eigenvalue weighted by Gasteiger charge is -2.22. The molecule has 0 atom stereocenters. The van der Waals surface area contributed by atoms with Crippen LogP contribution in [0, 0.1) is 0 Å². The van der Waals surface area contributed by atoms with Crippen molar-refractivity contribution >= 4 is 64.0 Å². The average Bonchev–Trinajstić information content (AvgIpc) is 2.82. The van der Waals surface area contributed by atoms with E-state index in [9.17, 15) is 0 Å². The van der Waals surface area contributed by atoms with Crippen molar-refractivity contribution in [1.29, 1.82) is 0 Å². The highest BCUT2D eigenvalue weighted by atomic mass is 35.6. The number of rotatable bonds is 2. The third kappa shape index (κ3) is 5.00. The molecule has 0 spiro atoms. The maximum absolute atomic E-state index is 6.09. The third-order valence-electron chi connectivity index (χ3n) is 3.62. The van der Waals surface area contributed by atoms with E-state index in [4.69, 9.17) is 58.0 Å². The number of nitrogens with one attached hydrogen (secondary N) is 1. The summed E-state index contributed by atoms with van der Waals surface area (Å²) < 4.78 is -1.76. The van der Waals surface area contributed by atoms with Crippen molar-refractivity contribution in [1.82, 2.24) is 20.3 Å². The molecule has 5 nitrogen and oxygen atoms in total. The van der Waals surface area contributed by atoms with Crippen LogP contribution in [0.4, 0.5) is 5.95 Å². The van der Waals surface area contributed by atoms with Gasteiger partial charge in [-0.05, 0) is 31.2 Å². The van der Waals surface area contributed by atoms with Crippen LogP contribution >= 0.6 is 58.0 Å². The van der Waals surface area contributed by atoms with Crippen LogP contribution in [0.15, 0.2) is 18.2 Å². The van der Waals surface area contributed by atoms with Gasteiger partial charge in [-0.2, -0.15) is 9.97 Å². The predicted molar refractivity (Wildman–Crippen MR) is 104 cm³/mol. The lowest BCUT2D eigenvalue weighted by atomic mass is 10.2. The monoisotopic (exact) mass is 439 g/mol. The van der Waals surface area contributed by atoms with E-state index in [1.54, 1.807) is 18.2 Å². The van der Waals surface area contributed by atoms with Gasteiger partial charge in [0.05, 0.1) is 0 Å². The highest BCUT2D eigenvalue weighted by Crippen LogP contribution is 2.37. The molecule has 1 fully saturated rings. The molecule has 2 aromatic rings. The van der Waals surface area contributed by atoms with Gasteiger partial charge in [0.15, 0.2) is 11.6 Å². The standard InChI is InChI=1S/C15H14Cl5N5/c16-10-6-9(7-11(17)8-10)12-22-13(15(18,19)20)24-14(23-12)25-4-1-2-21-3-5-25/h6-8,21H,1-5H2. The summed E-state index contributed by atoms with van der Waals surface area (Å²) in [5.41, 5.74) is 0.629. The molecule has 1 aliphatic rings. The smallest absolute Gasteiger partial charge is 0.250 e. The van der Waals surface area contributed by atoms with Gasteiger partial charge < -0.3 is 10.2 Å². The lowest BCUT2D eigenvalue weighted by Crippen LogP contribution is -2.30. The topological polar surface area (TPSA) is 53.9 Å². The van der Waals surface area contributed by atoms with Crippen molar-refractivity contribution in [3.05, 3.63) is 34.1 Å². The second kappa shape index (κ2) is 7.99. The Morgan fingerprint density at radius 3 is 2.32 bits per heavy atom. The second-order valence-corrected chi connectivity index (χ2v) is 8.68. The summed E-state index contributed by atoms with van der Waals surface area (Å²) in [7, 11) is 0. The van der Waals surface area contributed by atoms with Crippen LogP contribution in [-0.4, -0.2) is 41.1 Å². The van der Waals surface area contributed by atoms with Crippen LogP contribution in [0.1, 0.15) is 12.2 Å². The number of halogens is 5. The fourth-order valence-corrected chi connectivity index (χ4v) is 3.27. The van der Waals surface area contributed by atoms with E-state index >= 15 is 0 Å². The third-order valence-corrected chi connectivity index (χ3v) is 4.56. The molecular weight excluding hydrogens is 427 g/mol. The summed E-state index contributed by atoms with van der Waals surface area (Å²) >= 11 is 30.2. The summed E-state index contributed by atoms with van der Waals surface area (Å²) in [6.07, 6.45) is 0.965. The first-order valence-corrected chi connectivity index (χ1v) is 9.47. The maximum Gasteiger partial charge on any atom is 0.250 e. The van der Waals surface area contributed by atoms with Gasteiger partial charge in [0.25, 0.3) is 0 Å². The highest BCUT2D eigenvalue weighted by Gasteiger charge is 2.29. The van der Waals surface area contributed by atoms with E-state index in [1.807, 2.05) is 4.90 Å². The molecule has 0 bridgehead atoms. The number of anilines is 1. The van der Waals surface area contributed by atoms with Crippen molar-refractivity contribution < 1.29 is 0 Å². The number of nitrogens with zero attached hydrogens (tertiary/aromatic N) is 4. The molecular formula is C15H14Cl5N5. The Morgan fingerprint density at radius 1 is 0.920 bits per heavy atom. The van der Waals surface area contributed by atoms with E-state index in [0.29, 0.717) is 27.4 Å². The van der Waals surface area contributed by atoms with E-state index in [0.717, 1.165) is 32.6 Å². The van der Waals surface area contributed by atoms with Crippen LogP contribution < -0.4 is 10.2 Å². The Hall–Kier alpha value is -0.560. The minimum absolute atomic E-state index is 0.0609. The summed E-state index contributed by atoms with van der Waals surface area (Å²) in [6.45, 7) is 3.31. The Bertz CT molecular complexity index is 736. The van der Waals surface area contributed by atoms with Gasteiger partial charge >= 0.3 is 0 Å². The molecule has 0 saturated carbocycles. The first-order valence-electron chi connectivity index (χ1n) is 7.58. The molecule has 0 radical (unpaired) electrons. The number of aromatic nitrogens is 3. The zero-order valence-electron chi connectivity index (χ0n) is 12.9. The van der Waals surface area contributed by atoms with Gasteiger partial charge in [0.2, 0.25) is 9.74 Å². The highest BCUT2D eigenvalue weighted by molar-refractivity contribution is 6.66. The molecule has 3 rings (SSSR count). The fourth-order valence-electron chi connectivity index (χ4n) is 2.49. The van der Waals surface area contributed by atoms with Crippen LogP contribution in [0.2, 0.25) is 10.0 Å². The van der Waals surface area contributed by atoms with Gasteiger partial charge in [0.1, 0.15) is 0 Å². The molecule has 1 aromatic heterocycles. The SMILES string of the molecule is Clc1cc(Cl)cc(-c2nc(N3CCCNCC3)nc(C(Cl)(Cl)Cl)n2)c1.